The molecule has 3 rings (SSSR count). The van der Waals surface area contributed by atoms with Gasteiger partial charge in [-0.3, -0.25) is 0 Å². The van der Waals surface area contributed by atoms with E-state index in [1.54, 1.807) is 11.3 Å². The molecule has 0 bridgehead atoms. The molecule has 0 radical (unpaired) electrons. The Morgan fingerprint density at radius 3 is 2.58 bits per heavy atom. The zero-order chi connectivity index (χ0) is 13.2. The fourth-order valence-electron chi connectivity index (χ4n) is 2.25. The van der Waals surface area contributed by atoms with Crippen LogP contribution in [0.1, 0.15) is 47.6 Å². The SMILES string of the molecule is CCc1ccc(C(NC2CC2)c2nc(C)cs2)cc1. The number of nitrogens with one attached hydrogen (secondary N) is 1. The summed E-state index contributed by atoms with van der Waals surface area (Å²) in [7, 11) is 0. The Morgan fingerprint density at radius 1 is 1.32 bits per heavy atom. The lowest BCUT2D eigenvalue weighted by Gasteiger charge is -2.17. The average molecular weight is 272 g/mol. The van der Waals surface area contributed by atoms with Gasteiger partial charge in [-0.15, -0.1) is 11.3 Å². The normalized spacial score (nSPS) is 16.5. The van der Waals surface area contributed by atoms with Crippen LogP contribution in [-0.2, 0) is 6.42 Å². The summed E-state index contributed by atoms with van der Waals surface area (Å²) >= 11 is 1.76. The molecule has 1 heterocycles. The largest absolute Gasteiger partial charge is 0.301 e. The third kappa shape index (κ3) is 3.04. The highest BCUT2D eigenvalue weighted by Crippen LogP contribution is 2.30. The van der Waals surface area contributed by atoms with Gasteiger partial charge in [-0.05, 0) is 37.3 Å². The number of hydrogen-bond acceptors (Lipinski definition) is 3. The van der Waals surface area contributed by atoms with Crippen LogP contribution in [0.25, 0.3) is 0 Å². The summed E-state index contributed by atoms with van der Waals surface area (Å²) < 4.78 is 0. The van der Waals surface area contributed by atoms with Crippen molar-refractivity contribution in [3.8, 4) is 0 Å². The molecule has 1 aromatic heterocycles. The van der Waals surface area contributed by atoms with Gasteiger partial charge in [0.05, 0.1) is 6.04 Å². The molecule has 100 valence electrons. The van der Waals surface area contributed by atoms with Crippen molar-refractivity contribution in [1.29, 1.82) is 0 Å². The molecule has 0 spiro atoms. The van der Waals surface area contributed by atoms with Crippen LogP contribution in [0.5, 0.6) is 0 Å². The number of aryl methyl sites for hydroxylation is 2. The van der Waals surface area contributed by atoms with Crippen LogP contribution < -0.4 is 5.32 Å². The molecule has 2 nitrogen and oxygen atoms in total. The molecule has 0 aliphatic heterocycles. The van der Waals surface area contributed by atoms with Gasteiger partial charge in [0.2, 0.25) is 0 Å². The van der Waals surface area contributed by atoms with Crippen molar-refractivity contribution in [2.24, 2.45) is 0 Å². The van der Waals surface area contributed by atoms with Crippen molar-refractivity contribution in [3.63, 3.8) is 0 Å². The van der Waals surface area contributed by atoms with Crippen molar-refractivity contribution >= 4 is 11.3 Å². The molecule has 1 aromatic carbocycles. The second-order valence-corrected chi connectivity index (χ2v) is 6.19. The maximum atomic E-state index is 4.67. The summed E-state index contributed by atoms with van der Waals surface area (Å²) in [4.78, 5) is 4.67. The van der Waals surface area contributed by atoms with Gasteiger partial charge >= 0.3 is 0 Å². The average Bonchev–Trinajstić information content (AvgIpc) is 3.17. The molecule has 1 fully saturated rings. The first-order valence-electron chi connectivity index (χ1n) is 7.03. The molecular weight excluding hydrogens is 252 g/mol. The van der Waals surface area contributed by atoms with E-state index in [1.165, 1.54) is 29.0 Å². The van der Waals surface area contributed by atoms with Crippen molar-refractivity contribution in [2.75, 3.05) is 0 Å². The van der Waals surface area contributed by atoms with Gasteiger partial charge in [0.25, 0.3) is 0 Å². The summed E-state index contributed by atoms with van der Waals surface area (Å²) in [6, 6.07) is 9.90. The quantitative estimate of drug-likeness (QED) is 0.894. The van der Waals surface area contributed by atoms with Gasteiger partial charge in [-0.2, -0.15) is 0 Å². The van der Waals surface area contributed by atoms with Gasteiger partial charge in [-0.25, -0.2) is 4.98 Å². The first-order valence-corrected chi connectivity index (χ1v) is 7.91. The lowest BCUT2D eigenvalue weighted by molar-refractivity contribution is 0.597. The molecule has 2 aromatic rings. The van der Waals surface area contributed by atoms with Gasteiger partial charge in [0.15, 0.2) is 0 Å². The predicted molar refractivity (Wildman–Crippen MR) is 80.7 cm³/mol. The fourth-order valence-corrected chi connectivity index (χ4v) is 3.13. The van der Waals surface area contributed by atoms with Crippen molar-refractivity contribution in [3.05, 3.63) is 51.5 Å². The fraction of sp³-hybridized carbons (Fsp3) is 0.438. The zero-order valence-electron chi connectivity index (χ0n) is 11.5. The van der Waals surface area contributed by atoms with Crippen molar-refractivity contribution in [1.82, 2.24) is 10.3 Å². The van der Waals surface area contributed by atoms with E-state index in [4.69, 9.17) is 0 Å². The van der Waals surface area contributed by atoms with E-state index in [-0.39, 0.29) is 6.04 Å². The maximum absolute atomic E-state index is 4.67. The van der Waals surface area contributed by atoms with E-state index in [0.29, 0.717) is 6.04 Å². The molecule has 1 N–H and O–H groups in total. The first-order chi connectivity index (χ1) is 9.26. The first kappa shape index (κ1) is 12.8. The van der Waals surface area contributed by atoms with Gasteiger partial charge in [0.1, 0.15) is 5.01 Å². The monoisotopic (exact) mass is 272 g/mol. The second kappa shape index (κ2) is 5.43. The minimum absolute atomic E-state index is 0.261. The molecule has 1 saturated carbocycles. The van der Waals surface area contributed by atoms with Gasteiger partial charge < -0.3 is 5.32 Å². The molecule has 1 aliphatic carbocycles. The van der Waals surface area contributed by atoms with E-state index in [0.717, 1.165) is 12.1 Å². The van der Waals surface area contributed by atoms with Crippen LogP contribution >= 0.6 is 11.3 Å². The van der Waals surface area contributed by atoms with E-state index in [1.807, 2.05) is 0 Å². The topological polar surface area (TPSA) is 24.9 Å². The Bertz CT molecular complexity index is 540. The van der Waals surface area contributed by atoms with Crippen molar-refractivity contribution in [2.45, 2.75) is 45.2 Å². The Kier molecular flexibility index (Phi) is 3.67. The highest BCUT2D eigenvalue weighted by atomic mass is 32.1. The number of hydrogen-bond donors (Lipinski definition) is 1. The third-order valence-electron chi connectivity index (χ3n) is 3.58. The Morgan fingerprint density at radius 2 is 2.05 bits per heavy atom. The van der Waals surface area contributed by atoms with Crippen LogP contribution in [0, 0.1) is 6.92 Å². The Balaban J connectivity index is 1.88. The van der Waals surface area contributed by atoms with Crippen LogP contribution in [0.4, 0.5) is 0 Å². The molecule has 19 heavy (non-hydrogen) atoms. The molecular formula is C16H20N2S. The molecule has 1 aliphatic rings. The van der Waals surface area contributed by atoms with Crippen LogP contribution in [0.2, 0.25) is 0 Å². The number of rotatable bonds is 5. The number of nitrogens with zero attached hydrogens (tertiary/aromatic N) is 1. The van der Waals surface area contributed by atoms with Crippen LogP contribution in [0.3, 0.4) is 0 Å². The molecule has 0 saturated heterocycles. The minimum atomic E-state index is 0.261. The summed E-state index contributed by atoms with van der Waals surface area (Å²) in [5.74, 6) is 0. The number of aromatic nitrogens is 1. The predicted octanol–water partition coefficient (Wildman–Crippen LogP) is 3.86. The standard InChI is InChI=1S/C16H20N2S/c1-3-12-4-6-13(7-5-12)15(18-14-8-9-14)16-17-11(2)10-19-16/h4-7,10,14-15,18H,3,8-9H2,1-2H3. The molecule has 1 unspecified atom stereocenters. The van der Waals surface area contributed by atoms with Gasteiger partial charge in [-0.1, -0.05) is 31.2 Å². The van der Waals surface area contributed by atoms with E-state index >= 15 is 0 Å². The summed E-state index contributed by atoms with van der Waals surface area (Å²) in [5.41, 5.74) is 3.84. The third-order valence-corrected chi connectivity index (χ3v) is 4.61. The summed E-state index contributed by atoms with van der Waals surface area (Å²) in [5, 5.41) is 7.05. The van der Waals surface area contributed by atoms with Crippen molar-refractivity contribution < 1.29 is 0 Å². The molecule has 3 heteroatoms. The van der Waals surface area contributed by atoms with E-state index in [2.05, 4.69) is 53.8 Å². The highest BCUT2D eigenvalue weighted by Gasteiger charge is 2.27. The van der Waals surface area contributed by atoms with E-state index < -0.39 is 0 Å². The van der Waals surface area contributed by atoms with Crippen LogP contribution in [0.15, 0.2) is 29.6 Å². The highest BCUT2D eigenvalue weighted by molar-refractivity contribution is 7.09. The van der Waals surface area contributed by atoms with Gasteiger partial charge in [0, 0.05) is 17.1 Å². The summed E-state index contributed by atoms with van der Waals surface area (Å²) in [6.45, 7) is 4.26. The van der Waals surface area contributed by atoms with Crippen LogP contribution in [-0.4, -0.2) is 11.0 Å². The number of thiazole rings is 1. The zero-order valence-corrected chi connectivity index (χ0v) is 12.3. The summed E-state index contributed by atoms with van der Waals surface area (Å²) in [6.07, 6.45) is 3.69. The molecule has 1 atom stereocenters. The lowest BCUT2D eigenvalue weighted by Crippen LogP contribution is -2.24. The number of benzene rings is 1. The minimum Gasteiger partial charge on any atom is -0.301 e. The maximum Gasteiger partial charge on any atom is 0.114 e. The lowest BCUT2D eigenvalue weighted by atomic mass is 10.0. The smallest absolute Gasteiger partial charge is 0.114 e. The van der Waals surface area contributed by atoms with E-state index in [9.17, 15) is 0 Å². The Labute approximate surface area is 118 Å². The second-order valence-electron chi connectivity index (χ2n) is 5.30. The Hall–Kier alpha value is -1.19. The molecule has 0 amide bonds.